The molecule has 1 rings (SSSR count). The van der Waals surface area contributed by atoms with Gasteiger partial charge in [0.15, 0.2) is 5.78 Å². The van der Waals surface area contributed by atoms with E-state index in [0.717, 1.165) is 6.07 Å². The number of carbonyl (C=O) groups excluding carboxylic acids is 1. The highest BCUT2D eigenvalue weighted by Gasteiger charge is 2.05. The first-order valence-electron chi connectivity index (χ1n) is 3.71. The van der Waals surface area contributed by atoms with Gasteiger partial charge >= 0.3 is 0 Å². The van der Waals surface area contributed by atoms with Gasteiger partial charge in [-0.2, -0.15) is 0 Å². The van der Waals surface area contributed by atoms with Crippen LogP contribution in [0.2, 0.25) is 0 Å². The maximum Gasteiger partial charge on any atom is 0.188 e. The number of aliphatic hydroxyl groups excluding tert-OH is 1. The van der Waals surface area contributed by atoms with Gasteiger partial charge in [0.1, 0.15) is 19.2 Å². The van der Waals surface area contributed by atoms with Crippen molar-refractivity contribution in [3.8, 4) is 0 Å². The highest BCUT2D eigenvalue weighted by Crippen LogP contribution is 2.04. The van der Waals surface area contributed by atoms with Gasteiger partial charge in [-0.15, -0.1) is 0 Å². The van der Waals surface area contributed by atoms with Crippen LogP contribution >= 0.6 is 0 Å². The standard InChI is InChI=1S/C9H9FO3/c10-8-3-1-2-7(4-8)9(12)5-13-6-11/h1-4,11H,5-6H2. The summed E-state index contributed by atoms with van der Waals surface area (Å²) in [7, 11) is 0. The monoisotopic (exact) mass is 184 g/mol. The number of Topliss-reactive ketones (excluding diaryl/α,β-unsaturated/α-hetero) is 1. The van der Waals surface area contributed by atoms with Crippen LogP contribution in [0.25, 0.3) is 0 Å². The van der Waals surface area contributed by atoms with Gasteiger partial charge in [0.25, 0.3) is 0 Å². The van der Waals surface area contributed by atoms with Crippen LogP contribution in [-0.2, 0) is 4.74 Å². The number of ketones is 1. The van der Waals surface area contributed by atoms with E-state index in [1.165, 1.54) is 18.2 Å². The number of rotatable bonds is 4. The molecule has 0 heterocycles. The summed E-state index contributed by atoms with van der Waals surface area (Å²) in [6.07, 6.45) is 0. The lowest BCUT2D eigenvalue weighted by Crippen LogP contribution is -2.09. The fraction of sp³-hybridized carbons (Fsp3) is 0.222. The Labute approximate surface area is 74.8 Å². The Balaban J connectivity index is 2.66. The largest absolute Gasteiger partial charge is 0.371 e. The molecule has 0 saturated carbocycles. The molecule has 0 bridgehead atoms. The zero-order valence-electron chi connectivity index (χ0n) is 6.87. The summed E-state index contributed by atoms with van der Waals surface area (Å²) in [6.45, 7) is -0.749. The number of benzene rings is 1. The molecule has 70 valence electrons. The molecule has 0 aliphatic rings. The maximum atomic E-state index is 12.6. The average molecular weight is 184 g/mol. The van der Waals surface area contributed by atoms with Gasteiger partial charge in [-0.05, 0) is 12.1 Å². The first kappa shape index (κ1) is 9.83. The van der Waals surface area contributed by atoms with Crippen LogP contribution in [0.3, 0.4) is 0 Å². The molecule has 0 aliphatic carbocycles. The molecule has 0 fully saturated rings. The molecule has 0 aromatic heterocycles. The van der Waals surface area contributed by atoms with Crippen LogP contribution < -0.4 is 0 Å². The van der Waals surface area contributed by atoms with Crippen LogP contribution in [0.1, 0.15) is 10.4 Å². The van der Waals surface area contributed by atoms with E-state index in [1.54, 1.807) is 0 Å². The molecule has 1 N–H and O–H groups in total. The second kappa shape index (κ2) is 4.69. The molecular formula is C9H9FO3. The zero-order valence-corrected chi connectivity index (χ0v) is 6.87. The van der Waals surface area contributed by atoms with Crippen LogP contribution in [-0.4, -0.2) is 24.3 Å². The molecule has 0 aliphatic heterocycles. The quantitative estimate of drug-likeness (QED) is 0.560. The van der Waals surface area contributed by atoms with E-state index < -0.39 is 12.6 Å². The Hall–Kier alpha value is -1.26. The Morgan fingerprint density at radius 2 is 2.31 bits per heavy atom. The number of carbonyl (C=O) groups is 1. The molecule has 3 nitrogen and oxygen atoms in total. The first-order chi connectivity index (χ1) is 6.24. The van der Waals surface area contributed by atoms with Crippen molar-refractivity contribution in [3.05, 3.63) is 35.6 Å². The van der Waals surface area contributed by atoms with E-state index in [0.29, 0.717) is 0 Å². The number of hydrogen-bond donors (Lipinski definition) is 1. The van der Waals surface area contributed by atoms with Gasteiger partial charge in [-0.1, -0.05) is 12.1 Å². The average Bonchev–Trinajstić information content (AvgIpc) is 2.14. The second-order valence-electron chi connectivity index (χ2n) is 2.41. The Morgan fingerprint density at radius 3 is 2.92 bits per heavy atom. The smallest absolute Gasteiger partial charge is 0.188 e. The van der Waals surface area contributed by atoms with Crippen LogP contribution in [0.15, 0.2) is 24.3 Å². The molecule has 13 heavy (non-hydrogen) atoms. The Kier molecular flexibility index (Phi) is 3.54. The third kappa shape index (κ3) is 2.93. The van der Waals surface area contributed by atoms with Crippen LogP contribution in [0.5, 0.6) is 0 Å². The third-order valence-corrected chi connectivity index (χ3v) is 1.47. The second-order valence-corrected chi connectivity index (χ2v) is 2.41. The number of ether oxygens (including phenoxy) is 1. The molecule has 0 unspecified atom stereocenters. The van der Waals surface area contributed by atoms with E-state index in [2.05, 4.69) is 4.74 Å². The maximum absolute atomic E-state index is 12.6. The van der Waals surface area contributed by atoms with Gasteiger partial charge in [0, 0.05) is 5.56 Å². The minimum absolute atomic E-state index is 0.236. The van der Waals surface area contributed by atoms with Gasteiger partial charge in [-0.25, -0.2) is 4.39 Å². The van der Waals surface area contributed by atoms with Crippen molar-refractivity contribution in [2.75, 3.05) is 13.4 Å². The topological polar surface area (TPSA) is 46.5 Å². The minimum Gasteiger partial charge on any atom is -0.371 e. The molecule has 1 aromatic carbocycles. The highest BCUT2D eigenvalue weighted by molar-refractivity contribution is 5.97. The molecule has 4 heteroatoms. The van der Waals surface area contributed by atoms with Crippen LogP contribution in [0.4, 0.5) is 4.39 Å². The number of halogens is 1. The van der Waals surface area contributed by atoms with Crippen molar-refractivity contribution in [2.45, 2.75) is 0 Å². The predicted octanol–water partition coefficient (Wildman–Crippen LogP) is 0.975. The lowest BCUT2D eigenvalue weighted by molar-refractivity contribution is 0.00349. The van der Waals surface area contributed by atoms with E-state index in [9.17, 15) is 9.18 Å². The zero-order chi connectivity index (χ0) is 9.68. The summed E-state index contributed by atoms with van der Waals surface area (Å²) in [5.74, 6) is -0.816. The molecular weight excluding hydrogens is 175 g/mol. The van der Waals surface area contributed by atoms with E-state index in [4.69, 9.17) is 5.11 Å². The predicted molar refractivity (Wildman–Crippen MR) is 43.8 cm³/mol. The lowest BCUT2D eigenvalue weighted by atomic mass is 10.1. The van der Waals surface area contributed by atoms with Crippen molar-refractivity contribution in [3.63, 3.8) is 0 Å². The number of hydrogen-bond acceptors (Lipinski definition) is 3. The molecule has 0 radical (unpaired) electrons. The van der Waals surface area contributed by atoms with Crippen molar-refractivity contribution < 1.29 is 19.0 Å². The molecule has 1 aromatic rings. The first-order valence-corrected chi connectivity index (χ1v) is 3.71. The summed E-state index contributed by atoms with van der Waals surface area (Å²) in [6, 6.07) is 5.32. The van der Waals surface area contributed by atoms with Gasteiger partial charge in [0.05, 0.1) is 0 Å². The fourth-order valence-corrected chi connectivity index (χ4v) is 0.884. The van der Waals surface area contributed by atoms with Gasteiger partial charge < -0.3 is 9.84 Å². The normalized spacial score (nSPS) is 10.0. The summed E-state index contributed by atoms with van der Waals surface area (Å²) in [5.41, 5.74) is 0.244. The van der Waals surface area contributed by atoms with E-state index in [-0.39, 0.29) is 18.0 Å². The number of aliphatic hydroxyl groups is 1. The van der Waals surface area contributed by atoms with E-state index in [1.807, 2.05) is 0 Å². The van der Waals surface area contributed by atoms with Crippen molar-refractivity contribution in [2.24, 2.45) is 0 Å². The Morgan fingerprint density at radius 1 is 1.54 bits per heavy atom. The Bertz CT molecular complexity index is 299. The lowest BCUT2D eigenvalue weighted by Gasteiger charge is -2.00. The SMILES string of the molecule is O=C(COCO)c1cccc(F)c1. The summed E-state index contributed by atoms with van der Waals surface area (Å²) in [4.78, 5) is 11.2. The van der Waals surface area contributed by atoms with Gasteiger partial charge in [-0.3, -0.25) is 4.79 Å². The summed E-state index contributed by atoms with van der Waals surface area (Å²) in [5, 5.41) is 8.27. The summed E-state index contributed by atoms with van der Waals surface area (Å²) >= 11 is 0. The fourth-order valence-electron chi connectivity index (χ4n) is 0.884. The molecule has 0 atom stereocenters. The summed E-state index contributed by atoms with van der Waals surface area (Å²) < 4.78 is 17.1. The molecule has 0 spiro atoms. The minimum atomic E-state index is -0.513. The van der Waals surface area contributed by atoms with E-state index >= 15 is 0 Å². The van der Waals surface area contributed by atoms with Crippen molar-refractivity contribution >= 4 is 5.78 Å². The molecule has 0 saturated heterocycles. The van der Waals surface area contributed by atoms with Crippen molar-refractivity contribution in [1.82, 2.24) is 0 Å². The third-order valence-electron chi connectivity index (χ3n) is 1.47. The van der Waals surface area contributed by atoms with Crippen LogP contribution in [0, 0.1) is 5.82 Å². The highest BCUT2D eigenvalue weighted by atomic mass is 19.1. The molecule has 0 amide bonds. The van der Waals surface area contributed by atoms with Crippen molar-refractivity contribution in [1.29, 1.82) is 0 Å². The van der Waals surface area contributed by atoms with Gasteiger partial charge in [0.2, 0.25) is 0 Å².